The van der Waals surface area contributed by atoms with Crippen molar-refractivity contribution in [3.8, 4) is 11.3 Å². The lowest BCUT2D eigenvalue weighted by Crippen LogP contribution is -1.78. The van der Waals surface area contributed by atoms with E-state index in [1.807, 2.05) is 24.6 Å². The second-order valence-electron chi connectivity index (χ2n) is 3.26. The van der Waals surface area contributed by atoms with Crippen LogP contribution < -0.4 is 0 Å². The van der Waals surface area contributed by atoms with Crippen molar-refractivity contribution in [1.82, 2.24) is 9.97 Å². The largest absolute Gasteiger partial charge is 0.245 e. The summed E-state index contributed by atoms with van der Waals surface area (Å²) in [6.07, 6.45) is 0. The molecular formula is C11H8N2S2. The fourth-order valence-electron chi connectivity index (χ4n) is 1.58. The van der Waals surface area contributed by atoms with E-state index in [9.17, 15) is 0 Å². The van der Waals surface area contributed by atoms with E-state index in [-0.39, 0.29) is 0 Å². The van der Waals surface area contributed by atoms with Gasteiger partial charge in [0.2, 0.25) is 0 Å². The third-order valence-electron chi connectivity index (χ3n) is 2.25. The number of hydrogen-bond acceptors (Lipinski definition) is 4. The van der Waals surface area contributed by atoms with Crippen LogP contribution in [0.5, 0.6) is 0 Å². The van der Waals surface area contributed by atoms with Gasteiger partial charge in [-0.05, 0) is 13.0 Å². The molecule has 0 aliphatic rings. The Morgan fingerprint density at radius 1 is 1.20 bits per heavy atom. The Kier molecular flexibility index (Phi) is 2.04. The minimum Gasteiger partial charge on any atom is -0.245 e. The van der Waals surface area contributed by atoms with Crippen LogP contribution in [0.4, 0.5) is 0 Å². The van der Waals surface area contributed by atoms with Crippen molar-refractivity contribution >= 4 is 32.9 Å². The molecule has 0 fully saturated rings. The average Bonchev–Trinajstić information content (AvgIpc) is 2.84. The van der Waals surface area contributed by atoms with Gasteiger partial charge in [-0.1, -0.05) is 12.1 Å². The number of rotatable bonds is 1. The Hall–Kier alpha value is -1.26. The highest BCUT2D eigenvalue weighted by atomic mass is 32.1. The summed E-state index contributed by atoms with van der Waals surface area (Å²) < 4.78 is 1.22. The van der Waals surface area contributed by atoms with Crippen molar-refractivity contribution in [2.75, 3.05) is 0 Å². The normalized spacial score (nSPS) is 11.0. The van der Waals surface area contributed by atoms with E-state index >= 15 is 0 Å². The maximum absolute atomic E-state index is 4.51. The number of benzene rings is 1. The smallest absolute Gasteiger partial charge is 0.0901 e. The van der Waals surface area contributed by atoms with Crippen molar-refractivity contribution in [1.29, 1.82) is 0 Å². The van der Waals surface area contributed by atoms with E-state index in [2.05, 4.69) is 21.4 Å². The Morgan fingerprint density at radius 2 is 2.13 bits per heavy atom. The molecule has 0 bridgehead atoms. The lowest BCUT2D eigenvalue weighted by molar-refractivity contribution is 1.30. The molecule has 0 saturated heterocycles. The van der Waals surface area contributed by atoms with Gasteiger partial charge in [0.05, 0.1) is 26.4 Å². The summed E-state index contributed by atoms with van der Waals surface area (Å²) in [5, 5.41) is 3.20. The number of hydrogen-bond donors (Lipinski definition) is 0. The maximum atomic E-state index is 4.51. The fourth-order valence-corrected chi connectivity index (χ4v) is 3.00. The molecule has 2 heterocycles. The minimum atomic E-state index is 1.06. The zero-order valence-corrected chi connectivity index (χ0v) is 9.73. The summed E-state index contributed by atoms with van der Waals surface area (Å²) >= 11 is 3.36. The Morgan fingerprint density at radius 3 is 2.93 bits per heavy atom. The third-order valence-corrected chi connectivity index (χ3v) is 3.90. The summed E-state index contributed by atoms with van der Waals surface area (Å²) in [7, 11) is 0. The number of aromatic nitrogens is 2. The quantitative estimate of drug-likeness (QED) is 0.639. The van der Waals surface area contributed by atoms with Crippen LogP contribution in [0.3, 0.4) is 0 Å². The molecule has 3 aromatic rings. The van der Waals surface area contributed by atoms with Crippen LogP contribution in [-0.2, 0) is 0 Å². The van der Waals surface area contributed by atoms with Crippen LogP contribution in [0.1, 0.15) is 5.01 Å². The first-order valence-corrected chi connectivity index (χ1v) is 6.35. The first-order chi connectivity index (χ1) is 7.34. The van der Waals surface area contributed by atoms with Crippen LogP contribution in [-0.4, -0.2) is 9.97 Å². The topological polar surface area (TPSA) is 25.8 Å². The highest BCUT2D eigenvalue weighted by Crippen LogP contribution is 2.31. The number of thiazole rings is 2. The molecule has 0 amide bonds. The monoisotopic (exact) mass is 232 g/mol. The Bertz CT molecular complexity index is 610. The summed E-state index contributed by atoms with van der Waals surface area (Å²) in [4.78, 5) is 8.81. The highest BCUT2D eigenvalue weighted by molar-refractivity contribution is 7.17. The van der Waals surface area contributed by atoms with Gasteiger partial charge in [0.15, 0.2) is 0 Å². The highest BCUT2D eigenvalue weighted by Gasteiger charge is 2.07. The molecule has 0 N–H and O–H groups in total. The van der Waals surface area contributed by atoms with Crippen molar-refractivity contribution in [3.63, 3.8) is 0 Å². The molecule has 1 aromatic carbocycles. The van der Waals surface area contributed by atoms with Crippen LogP contribution in [0.2, 0.25) is 0 Å². The molecule has 15 heavy (non-hydrogen) atoms. The minimum absolute atomic E-state index is 1.06. The SMILES string of the molecule is Cc1nc(-c2cccc3ncsc23)cs1. The second-order valence-corrected chi connectivity index (χ2v) is 5.17. The standard InChI is InChI=1S/C11H8N2S2/c1-7-13-10(5-14-7)8-3-2-4-9-11(8)15-6-12-9/h2-6H,1H3. The molecule has 0 spiro atoms. The predicted molar refractivity (Wildman–Crippen MR) is 65.5 cm³/mol. The number of aryl methyl sites for hydroxylation is 1. The van der Waals surface area contributed by atoms with Crippen LogP contribution >= 0.6 is 22.7 Å². The van der Waals surface area contributed by atoms with Gasteiger partial charge in [-0.15, -0.1) is 22.7 Å². The van der Waals surface area contributed by atoms with Gasteiger partial charge in [0, 0.05) is 10.9 Å². The van der Waals surface area contributed by atoms with Crippen molar-refractivity contribution in [3.05, 3.63) is 34.1 Å². The van der Waals surface area contributed by atoms with Crippen LogP contribution in [0.15, 0.2) is 29.1 Å². The lowest BCUT2D eigenvalue weighted by Gasteiger charge is -1.97. The van der Waals surface area contributed by atoms with Crippen molar-refractivity contribution in [2.24, 2.45) is 0 Å². The predicted octanol–water partition coefficient (Wildman–Crippen LogP) is 3.73. The van der Waals surface area contributed by atoms with Crippen LogP contribution in [0, 0.1) is 6.92 Å². The molecule has 0 saturated carbocycles. The van der Waals surface area contributed by atoms with Gasteiger partial charge < -0.3 is 0 Å². The summed E-state index contributed by atoms with van der Waals surface area (Å²) in [6.45, 7) is 2.03. The summed E-state index contributed by atoms with van der Waals surface area (Å²) in [5.74, 6) is 0. The molecule has 2 aromatic heterocycles. The maximum Gasteiger partial charge on any atom is 0.0901 e. The molecule has 3 rings (SSSR count). The Balaban J connectivity index is 2.30. The molecule has 0 atom stereocenters. The van der Waals surface area contributed by atoms with E-state index in [1.165, 1.54) is 10.3 Å². The van der Waals surface area contributed by atoms with E-state index in [0.717, 1.165) is 16.2 Å². The fraction of sp³-hybridized carbons (Fsp3) is 0.0909. The van der Waals surface area contributed by atoms with Gasteiger partial charge in [-0.2, -0.15) is 0 Å². The van der Waals surface area contributed by atoms with E-state index in [1.54, 1.807) is 22.7 Å². The van der Waals surface area contributed by atoms with Crippen LogP contribution in [0.25, 0.3) is 21.5 Å². The first-order valence-electron chi connectivity index (χ1n) is 4.59. The Labute approximate surface area is 95.3 Å². The zero-order chi connectivity index (χ0) is 10.3. The number of fused-ring (bicyclic) bond motifs is 1. The zero-order valence-electron chi connectivity index (χ0n) is 8.10. The molecule has 4 heteroatoms. The summed E-state index contributed by atoms with van der Waals surface area (Å²) in [6, 6.07) is 6.18. The molecule has 0 aliphatic carbocycles. The van der Waals surface area contributed by atoms with E-state index in [4.69, 9.17) is 0 Å². The summed E-state index contributed by atoms with van der Waals surface area (Å²) in [5.41, 5.74) is 5.20. The van der Waals surface area contributed by atoms with Crippen molar-refractivity contribution in [2.45, 2.75) is 6.92 Å². The second kappa shape index (κ2) is 3.40. The third kappa shape index (κ3) is 1.46. The van der Waals surface area contributed by atoms with E-state index in [0.29, 0.717) is 0 Å². The number of nitrogens with zero attached hydrogens (tertiary/aromatic N) is 2. The van der Waals surface area contributed by atoms with Gasteiger partial charge >= 0.3 is 0 Å². The van der Waals surface area contributed by atoms with Gasteiger partial charge in [0.1, 0.15) is 0 Å². The first kappa shape index (κ1) is 9.00. The lowest BCUT2D eigenvalue weighted by atomic mass is 10.1. The molecule has 74 valence electrons. The molecule has 2 nitrogen and oxygen atoms in total. The van der Waals surface area contributed by atoms with Gasteiger partial charge in [0.25, 0.3) is 0 Å². The van der Waals surface area contributed by atoms with E-state index < -0.39 is 0 Å². The average molecular weight is 232 g/mol. The molecule has 0 unspecified atom stereocenters. The van der Waals surface area contributed by atoms with Gasteiger partial charge in [-0.3, -0.25) is 0 Å². The molecule has 0 radical (unpaired) electrons. The van der Waals surface area contributed by atoms with Crippen molar-refractivity contribution < 1.29 is 0 Å². The van der Waals surface area contributed by atoms with Gasteiger partial charge in [-0.25, -0.2) is 9.97 Å². The molecular weight excluding hydrogens is 224 g/mol. The molecule has 0 aliphatic heterocycles.